The molecule has 1 aromatic heterocycles. The molecule has 1 fully saturated rings. The summed E-state index contributed by atoms with van der Waals surface area (Å²) in [4.78, 5) is 29.0. The number of nitrogens with two attached hydrogens (primary N) is 1. The maximum atomic E-state index is 13.2. The van der Waals surface area contributed by atoms with Crippen LogP contribution in [0.2, 0.25) is 10.0 Å². The van der Waals surface area contributed by atoms with Gasteiger partial charge in [-0.05, 0) is 42.7 Å². The summed E-state index contributed by atoms with van der Waals surface area (Å²) in [6.45, 7) is -0.338. The van der Waals surface area contributed by atoms with E-state index >= 15 is 0 Å². The lowest BCUT2D eigenvalue weighted by Gasteiger charge is -2.22. The Morgan fingerprint density at radius 2 is 1.88 bits per heavy atom. The molecule has 0 aliphatic heterocycles. The van der Waals surface area contributed by atoms with Crippen molar-refractivity contribution in [3.05, 3.63) is 68.2 Å². The molecule has 1 aliphatic carbocycles. The zero-order valence-corrected chi connectivity index (χ0v) is 18.8. The fraction of sp³-hybridized carbons (Fsp3) is 0.304. The van der Waals surface area contributed by atoms with Crippen molar-refractivity contribution in [2.75, 3.05) is 6.61 Å². The van der Waals surface area contributed by atoms with Crippen LogP contribution in [-0.2, 0) is 4.79 Å². The Hall–Kier alpha value is -2.90. The second kappa shape index (κ2) is 9.71. The first kappa shape index (κ1) is 22.3. The number of halogens is 2. The third-order valence-electron chi connectivity index (χ3n) is 5.45. The van der Waals surface area contributed by atoms with Crippen molar-refractivity contribution in [2.45, 2.75) is 38.0 Å². The van der Waals surface area contributed by atoms with Gasteiger partial charge in [0.25, 0.3) is 11.5 Å². The molecule has 4 rings (SSSR count). The number of ether oxygens (including phenoxy) is 1. The molecule has 0 unspecified atom stereocenters. The minimum atomic E-state index is -0.638. The first-order valence-corrected chi connectivity index (χ1v) is 11.2. The minimum absolute atomic E-state index is 0.164. The molecule has 0 saturated heterocycles. The normalized spacial score (nSPS) is 14.8. The van der Waals surface area contributed by atoms with Crippen LogP contribution in [0.1, 0.15) is 49.4 Å². The number of fused-ring (bicyclic) bond motifs is 1. The Morgan fingerprint density at radius 3 is 2.56 bits per heavy atom. The van der Waals surface area contributed by atoms with Gasteiger partial charge >= 0.3 is 0 Å². The highest BCUT2D eigenvalue weighted by Gasteiger charge is 2.22. The van der Waals surface area contributed by atoms with Crippen LogP contribution in [0.4, 0.5) is 0 Å². The van der Waals surface area contributed by atoms with Gasteiger partial charge in [0.1, 0.15) is 5.82 Å². The van der Waals surface area contributed by atoms with Crippen LogP contribution >= 0.6 is 23.2 Å². The van der Waals surface area contributed by atoms with E-state index in [0.717, 1.165) is 25.7 Å². The standard InChI is InChI=1S/C23H22Cl2N4O3/c24-17-10-14(11-18(25)21(17)32-13-20(26)30)12-27-29-22(15-6-2-1-3-7-15)28-19-9-5-4-8-16(19)23(29)31/h4-5,8-12,15H,1-3,6-7,13H2,(H2,26,30). The van der Waals surface area contributed by atoms with E-state index in [1.807, 2.05) is 18.2 Å². The predicted octanol–water partition coefficient (Wildman–Crippen LogP) is 4.50. The average molecular weight is 473 g/mol. The smallest absolute Gasteiger partial charge is 0.282 e. The van der Waals surface area contributed by atoms with Crippen molar-refractivity contribution in [3.8, 4) is 5.75 Å². The molecule has 2 aromatic carbocycles. The number of hydrogen-bond donors (Lipinski definition) is 1. The van der Waals surface area contributed by atoms with Gasteiger partial charge in [0.05, 0.1) is 27.2 Å². The van der Waals surface area contributed by atoms with Gasteiger partial charge in [-0.1, -0.05) is 54.6 Å². The fourth-order valence-electron chi connectivity index (χ4n) is 3.94. The molecular formula is C23H22Cl2N4O3. The van der Waals surface area contributed by atoms with Crippen LogP contribution in [0.25, 0.3) is 10.9 Å². The molecule has 7 nitrogen and oxygen atoms in total. The summed E-state index contributed by atoms with van der Waals surface area (Å²) in [6.07, 6.45) is 6.87. The number of amides is 1. The van der Waals surface area contributed by atoms with Crippen LogP contribution < -0.4 is 16.0 Å². The third-order valence-corrected chi connectivity index (χ3v) is 6.01. The summed E-state index contributed by atoms with van der Waals surface area (Å²) < 4.78 is 6.65. The average Bonchev–Trinajstić information content (AvgIpc) is 2.78. The summed E-state index contributed by atoms with van der Waals surface area (Å²) in [5.74, 6) is 0.371. The molecule has 0 bridgehead atoms. The molecule has 0 atom stereocenters. The van der Waals surface area contributed by atoms with Gasteiger partial charge in [-0.3, -0.25) is 9.59 Å². The van der Waals surface area contributed by atoms with Crippen molar-refractivity contribution < 1.29 is 9.53 Å². The number of para-hydroxylation sites is 1. The molecule has 1 aliphatic rings. The molecule has 1 heterocycles. The molecule has 9 heteroatoms. The molecule has 0 radical (unpaired) electrons. The monoisotopic (exact) mass is 472 g/mol. The van der Waals surface area contributed by atoms with Crippen molar-refractivity contribution in [3.63, 3.8) is 0 Å². The summed E-state index contributed by atoms with van der Waals surface area (Å²) in [7, 11) is 0. The highest BCUT2D eigenvalue weighted by atomic mass is 35.5. The van der Waals surface area contributed by atoms with Gasteiger partial charge in [0, 0.05) is 5.92 Å². The molecule has 166 valence electrons. The molecule has 3 aromatic rings. The predicted molar refractivity (Wildman–Crippen MR) is 126 cm³/mol. The lowest BCUT2D eigenvalue weighted by Crippen LogP contribution is -2.25. The Bertz CT molecular complexity index is 1230. The van der Waals surface area contributed by atoms with E-state index in [1.54, 1.807) is 18.2 Å². The van der Waals surface area contributed by atoms with Crippen molar-refractivity contribution in [2.24, 2.45) is 10.8 Å². The van der Waals surface area contributed by atoms with Gasteiger partial charge < -0.3 is 10.5 Å². The number of rotatable bonds is 6. The molecule has 2 N–H and O–H groups in total. The lowest BCUT2D eigenvalue weighted by molar-refractivity contribution is -0.119. The number of benzene rings is 2. The summed E-state index contributed by atoms with van der Waals surface area (Å²) in [5.41, 5.74) is 6.13. The SMILES string of the molecule is NC(=O)COc1c(Cl)cc(C=Nn2c(C3CCCCC3)nc3ccccc3c2=O)cc1Cl. The highest BCUT2D eigenvalue weighted by molar-refractivity contribution is 6.37. The van der Waals surface area contributed by atoms with Crippen LogP contribution in [0.5, 0.6) is 5.75 Å². The number of aromatic nitrogens is 2. The highest BCUT2D eigenvalue weighted by Crippen LogP contribution is 2.34. The Morgan fingerprint density at radius 1 is 1.19 bits per heavy atom. The van der Waals surface area contributed by atoms with E-state index in [4.69, 9.17) is 38.7 Å². The second-order valence-electron chi connectivity index (χ2n) is 7.75. The van der Waals surface area contributed by atoms with E-state index in [0.29, 0.717) is 22.3 Å². The van der Waals surface area contributed by atoms with E-state index in [2.05, 4.69) is 5.10 Å². The van der Waals surface area contributed by atoms with Crippen molar-refractivity contribution in [1.82, 2.24) is 9.66 Å². The summed E-state index contributed by atoms with van der Waals surface area (Å²) in [5, 5.41) is 5.39. The lowest BCUT2D eigenvalue weighted by atomic mass is 9.88. The van der Waals surface area contributed by atoms with Gasteiger partial charge in [0.2, 0.25) is 0 Å². The molecule has 32 heavy (non-hydrogen) atoms. The van der Waals surface area contributed by atoms with Crippen LogP contribution in [0.15, 0.2) is 46.3 Å². The van der Waals surface area contributed by atoms with Gasteiger partial charge in [0.15, 0.2) is 12.4 Å². The van der Waals surface area contributed by atoms with E-state index < -0.39 is 5.91 Å². The van der Waals surface area contributed by atoms with Gasteiger partial charge in [-0.25, -0.2) is 4.98 Å². The molecular weight excluding hydrogens is 451 g/mol. The van der Waals surface area contributed by atoms with Crippen LogP contribution in [0.3, 0.4) is 0 Å². The van der Waals surface area contributed by atoms with Crippen molar-refractivity contribution in [1.29, 1.82) is 0 Å². The molecule has 1 saturated carbocycles. The van der Waals surface area contributed by atoms with E-state index in [-0.39, 0.29) is 33.9 Å². The fourth-order valence-corrected chi connectivity index (χ4v) is 4.55. The first-order chi connectivity index (χ1) is 15.4. The zero-order valence-electron chi connectivity index (χ0n) is 17.3. The van der Waals surface area contributed by atoms with Crippen LogP contribution in [0, 0.1) is 0 Å². The zero-order chi connectivity index (χ0) is 22.7. The van der Waals surface area contributed by atoms with E-state index in [9.17, 15) is 9.59 Å². The Kier molecular flexibility index (Phi) is 6.77. The Labute approximate surface area is 194 Å². The maximum absolute atomic E-state index is 13.2. The minimum Gasteiger partial charge on any atom is -0.481 e. The number of carbonyl (C=O) groups excluding carboxylic acids is 1. The number of carbonyl (C=O) groups is 1. The maximum Gasteiger partial charge on any atom is 0.282 e. The quantitative estimate of drug-likeness (QED) is 0.533. The van der Waals surface area contributed by atoms with Gasteiger partial charge in [-0.15, -0.1) is 0 Å². The van der Waals surface area contributed by atoms with Crippen LogP contribution in [-0.4, -0.2) is 28.4 Å². The molecule has 1 amide bonds. The first-order valence-electron chi connectivity index (χ1n) is 10.4. The second-order valence-corrected chi connectivity index (χ2v) is 8.57. The van der Waals surface area contributed by atoms with E-state index in [1.165, 1.54) is 17.3 Å². The number of primary amides is 1. The summed E-state index contributed by atoms with van der Waals surface area (Å²) in [6, 6.07) is 10.5. The summed E-state index contributed by atoms with van der Waals surface area (Å²) >= 11 is 12.5. The Balaban J connectivity index is 1.74. The van der Waals surface area contributed by atoms with Crippen molar-refractivity contribution >= 4 is 46.2 Å². The van der Waals surface area contributed by atoms with Gasteiger partial charge in [-0.2, -0.15) is 9.78 Å². The number of nitrogens with zero attached hydrogens (tertiary/aromatic N) is 3. The third kappa shape index (κ3) is 4.79. The topological polar surface area (TPSA) is 99.6 Å². The molecule has 0 spiro atoms. The number of hydrogen-bond acceptors (Lipinski definition) is 5. The largest absolute Gasteiger partial charge is 0.481 e.